The third-order valence-electron chi connectivity index (χ3n) is 4.80. The summed E-state index contributed by atoms with van der Waals surface area (Å²) in [6.45, 7) is 2.05. The minimum Gasteiger partial charge on any atom is -0.389 e. The molecule has 0 saturated carbocycles. The summed E-state index contributed by atoms with van der Waals surface area (Å²) in [5.74, 6) is 1.01. The van der Waals surface area contributed by atoms with Crippen molar-refractivity contribution in [2.45, 2.75) is 36.1 Å². The summed E-state index contributed by atoms with van der Waals surface area (Å²) in [4.78, 5) is 12.4. The van der Waals surface area contributed by atoms with Crippen LogP contribution in [0.3, 0.4) is 0 Å². The van der Waals surface area contributed by atoms with Crippen molar-refractivity contribution in [2.75, 3.05) is 11.5 Å². The van der Waals surface area contributed by atoms with Crippen molar-refractivity contribution < 1.29 is 10.2 Å². The summed E-state index contributed by atoms with van der Waals surface area (Å²) in [6, 6.07) is 7.61. The first kappa shape index (κ1) is 17.3. The first-order valence-electron chi connectivity index (χ1n) is 8.43. The number of nitrogens with one attached hydrogen (secondary N) is 2. The van der Waals surface area contributed by atoms with E-state index in [0.29, 0.717) is 22.6 Å². The summed E-state index contributed by atoms with van der Waals surface area (Å²) in [5.41, 5.74) is 9.16. The second-order valence-electron chi connectivity index (χ2n) is 6.58. The monoisotopic (exact) mass is 371 g/mol. The van der Waals surface area contributed by atoms with Gasteiger partial charge in [-0.2, -0.15) is 0 Å². The van der Waals surface area contributed by atoms with E-state index in [2.05, 4.69) is 51.5 Å². The Morgan fingerprint density at radius 2 is 1.92 bits per heavy atom. The molecule has 1 aliphatic heterocycles. The van der Waals surface area contributed by atoms with Gasteiger partial charge in [0.05, 0.1) is 17.7 Å². The van der Waals surface area contributed by atoms with Gasteiger partial charge in [0.1, 0.15) is 17.9 Å². The zero-order valence-electron chi connectivity index (χ0n) is 14.3. The largest absolute Gasteiger partial charge is 0.389 e. The first-order chi connectivity index (χ1) is 12.5. The predicted octanol–water partition coefficient (Wildman–Crippen LogP) is 1.38. The standard InChI is InChI=1S/C18H21N5O2S/c1-9-2-4-10(5-3-9)26-7-12-16(24)17(25)14(23-12)11-6-20-15-13(11)21-8-22-18(15)19/h2-6,8,12,14,16-17,20,23-25H,7H2,1H3,(H2,19,21,22)/t12-,14+,16+,17-/m1/s1. The maximum absolute atomic E-state index is 10.6. The van der Waals surface area contributed by atoms with Crippen molar-refractivity contribution in [1.82, 2.24) is 20.3 Å². The van der Waals surface area contributed by atoms with Crippen LogP contribution in [0.25, 0.3) is 11.0 Å². The molecule has 4 atom stereocenters. The van der Waals surface area contributed by atoms with Gasteiger partial charge in [-0.05, 0) is 19.1 Å². The Hall–Kier alpha value is -2.13. The van der Waals surface area contributed by atoms with E-state index in [9.17, 15) is 10.2 Å². The summed E-state index contributed by atoms with van der Waals surface area (Å²) in [6.07, 6.45) is 1.38. The molecule has 1 aliphatic rings. The number of aromatic amines is 1. The number of nitrogens with zero attached hydrogens (tertiary/aromatic N) is 2. The lowest BCUT2D eigenvalue weighted by Gasteiger charge is -2.15. The highest BCUT2D eigenvalue weighted by Gasteiger charge is 2.42. The average molecular weight is 371 g/mol. The molecule has 4 rings (SSSR count). The fourth-order valence-electron chi connectivity index (χ4n) is 3.32. The number of anilines is 1. The molecule has 3 heterocycles. The fourth-order valence-corrected chi connectivity index (χ4v) is 4.31. The molecule has 1 fully saturated rings. The van der Waals surface area contributed by atoms with Gasteiger partial charge >= 0.3 is 0 Å². The lowest BCUT2D eigenvalue weighted by molar-refractivity contribution is 0.0308. The van der Waals surface area contributed by atoms with E-state index in [1.54, 1.807) is 18.0 Å². The molecule has 1 aromatic carbocycles. The van der Waals surface area contributed by atoms with Gasteiger partial charge in [-0.3, -0.25) is 0 Å². The highest BCUT2D eigenvalue weighted by Crippen LogP contribution is 2.34. The number of aromatic nitrogens is 3. The molecule has 6 N–H and O–H groups in total. The minimum absolute atomic E-state index is 0.231. The number of nitrogen functional groups attached to an aromatic ring is 1. The zero-order chi connectivity index (χ0) is 18.3. The summed E-state index contributed by atoms with van der Waals surface area (Å²) < 4.78 is 0. The number of thioether (sulfide) groups is 1. The van der Waals surface area contributed by atoms with Gasteiger partial charge in [0.25, 0.3) is 0 Å². The van der Waals surface area contributed by atoms with Crippen LogP contribution in [-0.4, -0.2) is 49.2 Å². The topological polar surface area (TPSA) is 120 Å². The van der Waals surface area contributed by atoms with E-state index in [4.69, 9.17) is 5.73 Å². The van der Waals surface area contributed by atoms with E-state index in [1.165, 1.54) is 11.9 Å². The SMILES string of the molecule is Cc1ccc(SC[C@H]2N[C@@H](c3c[nH]c4c(N)ncnc34)[C@@H](O)[C@H]2O)cc1. The molecule has 2 aromatic heterocycles. The molecule has 0 amide bonds. The maximum atomic E-state index is 10.6. The van der Waals surface area contributed by atoms with Crippen LogP contribution in [0.2, 0.25) is 0 Å². The van der Waals surface area contributed by atoms with Gasteiger partial charge in [0, 0.05) is 28.5 Å². The van der Waals surface area contributed by atoms with Gasteiger partial charge in [-0.25, -0.2) is 9.97 Å². The highest BCUT2D eigenvalue weighted by molar-refractivity contribution is 7.99. The van der Waals surface area contributed by atoms with Crippen LogP contribution in [0.1, 0.15) is 17.2 Å². The van der Waals surface area contributed by atoms with Crippen molar-refractivity contribution in [3.63, 3.8) is 0 Å². The average Bonchev–Trinajstić information content (AvgIpc) is 3.18. The van der Waals surface area contributed by atoms with Crippen LogP contribution in [-0.2, 0) is 0 Å². The Kier molecular flexibility index (Phi) is 4.58. The summed E-state index contributed by atoms with van der Waals surface area (Å²) in [7, 11) is 0. The van der Waals surface area contributed by atoms with E-state index >= 15 is 0 Å². The Bertz CT molecular complexity index is 914. The number of fused-ring (bicyclic) bond motifs is 1. The van der Waals surface area contributed by atoms with Crippen molar-refractivity contribution in [3.05, 3.63) is 47.9 Å². The van der Waals surface area contributed by atoms with Gasteiger partial charge in [-0.1, -0.05) is 17.7 Å². The van der Waals surface area contributed by atoms with Crippen molar-refractivity contribution >= 4 is 28.6 Å². The lowest BCUT2D eigenvalue weighted by Crippen LogP contribution is -2.35. The molecule has 0 bridgehead atoms. The zero-order valence-corrected chi connectivity index (χ0v) is 15.1. The second-order valence-corrected chi connectivity index (χ2v) is 7.68. The fraction of sp³-hybridized carbons (Fsp3) is 0.333. The van der Waals surface area contributed by atoms with Crippen molar-refractivity contribution in [1.29, 1.82) is 0 Å². The van der Waals surface area contributed by atoms with Gasteiger partial charge in [0.2, 0.25) is 0 Å². The minimum atomic E-state index is -0.922. The molecule has 3 aromatic rings. The molecule has 7 nitrogen and oxygen atoms in total. The van der Waals surface area contributed by atoms with Gasteiger partial charge in [-0.15, -0.1) is 11.8 Å². The van der Waals surface area contributed by atoms with E-state index < -0.39 is 18.2 Å². The van der Waals surface area contributed by atoms with Crippen LogP contribution >= 0.6 is 11.8 Å². The van der Waals surface area contributed by atoms with Gasteiger partial charge in [0.15, 0.2) is 5.82 Å². The molecular weight excluding hydrogens is 350 g/mol. The van der Waals surface area contributed by atoms with Gasteiger partial charge < -0.3 is 26.2 Å². The third-order valence-corrected chi connectivity index (χ3v) is 5.94. The van der Waals surface area contributed by atoms with Crippen molar-refractivity contribution in [3.8, 4) is 0 Å². The normalized spacial score (nSPS) is 25.8. The van der Waals surface area contributed by atoms with Crippen LogP contribution in [0.5, 0.6) is 0 Å². The first-order valence-corrected chi connectivity index (χ1v) is 9.42. The molecule has 0 aliphatic carbocycles. The Morgan fingerprint density at radius 1 is 1.15 bits per heavy atom. The van der Waals surface area contributed by atoms with Crippen LogP contribution < -0.4 is 11.1 Å². The second kappa shape index (κ2) is 6.88. The number of aliphatic hydroxyl groups excluding tert-OH is 2. The molecule has 26 heavy (non-hydrogen) atoms. The number of hydrogen-bond acceptors (Lipinski definition) is 7. The molecule has 8 heteroatoms. The van der Waals surface area contributed by atoms with Crippen LogP contribution in [0.15, 0.2) is 41.7 Å². The number of hydrogen-bond donors (Lipinski definition) is 5. The van der Waals surface area contributed by atoms with Crippen LogP contribution in [0, 0.1) is 6.92 Å². The maximum Gasteiger partial charge on any atom is 0.151 e. The number of aliphatic hydroxyl groups is 2. The Balaban J connectivity index is 1.52. The Morgan fingerprint density at radius 3 is 2.69 bits per heavy atom. The predicted molar refractivity (Wildman–Crippen MR) is 102 cm³/mol. The summed E-state index contributed by atoms with van der Waals surface area (Å²) in [5, 5.41) is 24.4. The molecule has 0 spiro atoms. The summed E-state index contributed by atoms with van der Waals surface area (Å²) >= 11 is 1.65. The number of benzene rings is 1. The number of rotatable bonds is 4. The molecular formula is C18H21N5O2S. The highest BCUT2D eigenvalue weighted by atomic mass is 32.2. The molecule has 0 unspecified atom stereocenters. The molecule has 1 saturated heterocycles. The lowest BCUT2D eigenvalue weighted by atomic mass is 10.0. The van der Waals surface area contributed by atoms with E-state index in [-0.39, 0.29) is 6.04 Å². The number of H-pyrrole nitrogens is 1. The van der Waals surface area contributed by atoms with Crippen LogP contribution in [0.4, 0.5) is 5.82 Å². The Labute approximate surface area is 155 Å². The van der Waals surface area contributed by atoms with E-state index in [0.717, 1.165) is 10.5 Å². The smallest absolute Gasteiger partial charge is 0.151 e. The number of nitrogens with two attached hydrogens (primary N) is 1. The molecule has 0 radical (unpaired) electrons. The third kappa shape index (κ3) is 3.05. The molecule has 136 valence electrons. The number of aryl methyl sites for hydroxylation is 1. The quantitative estimate of drug-likeness (QED) is 0.439. The van der Waals surface area contributed by atoms with Crippen molar-refractivity contribution in [2.24, 2.45) is 0 Å². The van der Waals surface area contributed by atoms with E-state index in [1.807, 2.05) is 0 Å².